The summed E-state index contributed by atoms with van der Waals surface area (Å²) in [6, 6.07) is 0. The topological polar surface area (TPSA) is 47.6 Å². The van der Waals surface area contributed by atoms with Crippen molar-refractivity contribution in [2.45, 2.75) is 79.6 Å². The molecule has 0 heterocycles. The van der Waals surface area contributed by atoms with Crippen molar-refractivity contribution in [3.63, 3.8) is 0 Å². The van der Waals surface area contributed by atoms with Crippen LogP contribution in [0, 0.1) is 5.92 Å². The maximum atomic E-state index is 10.6. The standard InChI is InChI=1S/C17H35NO3.C2H6/c1-16(2)10-6-4-8-12-20-14-15-21-13-9-5-7-11-18-17(3)19;1-2/h16H,4-15H2,1-3H3,(H,18,19);1-2H3. The molecule has 0 radical (unpaired) electrons. The monoisotopic (exact) mass is 331 g/mol. The van der Waals surface area contributed by atoms with Gasteiger partial charge in [0.25, 0.3) is 0 Å². The molecule has 0 atom stereocenters. The van der Waals surface area contributed by atoms with Gasteiger partial charge in [0, 0.05) is 26.7 Å². The Balaban J connectivity index is 0. The molecular formula is C19H41NO3. The van der Waals surface area contributed by atoms with Crippen molar-refractivity contribution in [2.24, 2.45) is 5.92 Å². The number of nitrogens with one attached hydrogen (secondary N) is 1. The van der Waals surface area contributed by atoms with Gasteiger partial charge in [-0.3, -0.25) is 4.79 Å². The van der Waals surface area contributed by atoms with Gasteiger partial charge in [0.05, 0.1) is 13.2 Å². The number of amides is 1. The average molecular weight is 332 g/mol. The van der Waals surface area contributed by atoms with Gasteiger partial charge in [-0.25, -0.2) is 0 Å². The highest BCUT2D eigenvalue weighted by Gasteiger charge is 1.95. The first-order valence-corrected chi connectivity index (χ1v) is 9.53. The van der Waals surface area contributed by atoms with Crippen LogP contribution in [-0.2, 0) is 14.3 Å². The van der Waals surface area contributed by atoms with Gasteiger partial charge in [-0.1, -0.05) is 47.0 Å². The van der Waals surface area contributed by atoms with Crippen LogP contribution in [0.15, 0.2) is 0 Å². The van der Waals surface area contributed by atoms with Gasteiger partial charge in [0.2, 0.25) is 5.91 Å². The zero-order valence-electron chi connectivity index (χ0n) is 16.3. The number of unbranched alkanes of at least 4 members (excludes halogenated alkanes) is 4. The van der Waals surface area contributed by atoms with Crippen LogP contribution in [0.5, 0.6) is 0 Å². The van der Waals surface area contributed by atoms with Gasteiger partial charge in [0.15, 0.2) is 0 Å². The summed E-state index contributed by atoms with van der Waals surface area (Å²) in [5, 5.41) is 2.79. The average Bonchev–Trinajstić information content (AvgIpc) is 2.52. The number of ether oxygens (including phenoxy) is 2. The lowest BCUT2D eigenvalue weighted by atomic mass is 10.1. The molecule has 0 aromatic rings. The molecule has 0 aliphatic heterocycles. The Kier molecular flexibility index (Phi) is 22.9. The van der Waals surface area contributed by atoms with E-state index in [1.165, 1.54) is 19.3 Å². The molecule has 4 heteroatoms. The van der Waals surface area contributed by atoms with E-state index >= 15 is 0 Å². The smallest absolute Gasteiger partial charge is 0.216 e. The molecular weight excluding hydrogens is 290 g/mol. The lowest BCUT2D eigenvalue weighted by Crippen LogP contribution is -2.20. The van der Waals surface area contributed by atoms with Crippen molar-refractivity contribution in [1.82, 2.24) is 5.32 Å². The molecule has 4 nitrogen and oxygen atoms in total. The third-order valence-electron chi connectivity index (χ3n) is 3.28. The third kappa shape index (κ3) is 26.6. The first-order chi connectivity index (χ1) is 11.1. The minimum atomic E-state index is 0.0487. The second-order valence-corrected chi connectivity index (χ2v) is 6.01. The van der Waals surface area contributed by atoms with E-state index in [4.69, 9.17) is 9.47 Å². The maximum Gasteiger partial charge on any atom is 0.216 e. The van der Waals surface area contributed by atoms with Gasteiger partial charge in [-0.15, -0.1) is 0 Å². The second-order valence-electron chi connectivity index (χ2n) is 6.01. The van der Waals surface area contributed by atoms with Gasteiger partial charge in [0.1, 0.15) is 0 Å². The summed E-state index contributed by atoms with van der Waals surface area (Å²) < 4.78 is 11.0. The number of hydrogen-bond donors (Lipinski definition) is 1. The van der Waals surface area contributed by atoms with Crippen molar-refractivity contribution < 1.29 is 14.3 Å². The number of carbonyl (C=O) groups excluding carboxylic acids is 1. The predicted molar refractivity (Wildman–Crippen MR) is 98.8 cm³/mol. The second kappa shape index (κ2) is 21.4. The van der Waals surface area contributed by atoms with Crippen LogP contribution in [0.4, 0.5) is 0 Å². The molecule has 0 aromatic heterocycles. The van der Waals surface area contributed by atoms with Crippen LogP contribution in [0.1, 0.15) is 79.6 Å². The highest BCUT2D eigenvalue weighted by atomic mass is 16.5. The summed E-state index contributed by atoms with van der Waals surface area (Å²) >= 11 is 0. The van der Waals surface area contributed by atoms with Crippen molar-refractivity contribution in [1.29, 1.82) is 0 Å². The van der Waals surface area contributed by atoms with E-state index in [2.05, 4.69) is 19.2 Å². The summed E-state index contributed by atoms with van der Waals surface area (Å²) in [4.78, 5) is 10.6. The lowest BCUT2D eigenvalue weighted by Gasteiger charge is -2.07. The van der Waals surface area contributed by atoms with Crippen molar-refractivity contribution in [3.8, 4) is 0 Å². The molecule has 0 aliphatic carbocycles. The molecule has 0 spiro atoms. The molecule has 1 amide bonds. The number of carbonyl (C=O) groups is 1. The largest absolute Gasteiger partial charge is 0.379 e. The van der Waals surface area contributed by atoms with E-state index in [1.54, 1.807) is 6.92 Å². The quantitative estimate of drug-likeness (QED) is 0.447. The van der Waals surface area contributed by atoms with Crippen molar-refractivity contribution in [2.75, 3.05) is 33.0 Å². The van der Waals surface area contributed by atoms with E-state index in [0.717, 1.165) is 51.4 Å². The summed E-state index contributed by atoms with van der Waals surface area (Å²) in [7, 11) is 0. The van der Waals surface area contributed by atoms with E-state index in [0.29, 0.717) is 13.2 Å². The summed E-state index contributed by atoms with van der Waals surface area (Å²) in [6.07, 6.45) is 8.24. The Labute approximate surface area is 144 Å². The predicted octanol–water partition coefficient (Wildman–Crippen LogP) is 4.57. The van der Waals surface area contributed by atoms with Gasteiger partial charge < -0.3 is 14.8 Å². The zero-order valence-corrected chi connectivity index (χ0v) is 16.3. The van der Waals surface area contributed by atoms with Gasteiger partial charge in [-0.2, -0.15) is 0 Å². The molecule has 0 rings (SSSR count). The van der Waals surface area contributed by atoms with Crippen LogP contribution < -0.4 is 5.32 Å². The third-order valence-corrected chi connectivity index (χ3v) is 3.28. The minimum absolute atomic E-state index is 0.0487. The van der Waals surface area contributed by atoms with Crippen LogP contribution in [0.25, 0.3) is 0 Å². The molecule has 0 bridgehead atoms. The molecule has 1 N–H and O–H groups in total. The van der Waals surface area contributed by atoms with Gasteiger partial charge >= 0.3 is 0 Å². The number of hydrogen-bond acceptors (Lipinski definition) is 3. The fraction of sp³-hybridized carbons (Fsp3) is 0.947. The van der Waals surface area contributed by atoms with E-state index < -0.39 is 0 Å². The summed E-state index contributed by atoms with van der Waals surface area (Å²) in [5.41, 5.74) is 0. The van der Waals surface area contributed by atoms with Crippen LogP contribution in [0.3, 0.4) is 0 Å². The summed E-state index contributed by atoms with van der Waals surface area (Å²) in [5.74, 6) is 0.866. The normalized spacial score (nSPS) is 10.3. The number of rotatable bonds is 15. The molecule has 0 saturated heterocycles. The van der Waals surface area contributed by atoms with Gasteiger partial charge in [-0.05, 0) is 31.6 Å². The highest BCUT2D eigenvalue weighted by Crippen LogP contribution is 2.07. The minimum Gasteiger partial charge on any atom is -0.379 e. The lowest BCUT2D eigenvalue weighted by molar-refractivity contribution is -0.118. The summed E-state index contributed by atoms with van der Waals surface area (Å²) in [6.45, 7) is 13.9. The zero-order chi connectivity index (χ0) is 17.8. The van der Waals surface area contributed by atoms with Crippen LogP contribution in [-0.4, -0.2) is 38.9 Å². The van der Waals surface area contributed by atoms with E-state index in [-0.39, 0.29) is 5.91 Å². The van der Waals surface area contributed by atoms with Crippen molar-refractivity contribution in [3.05, 3.63) is 0 Å². The Morgan fingerprint density at radius 3 is 1.83 bits per heavy atom. The van der Waals surface area contributed by atoms with Crippen LogP contribution in [0.2, 0.25) is 0 Å². The fourth-order valence-corrected chi connectivity index (χ4v) is 2.03. The van der Waals surface area contributed by atoms with E-state index in [9.17, 15) is 4.79 Å². The molecule has 23 heavy (non-hydrogen) atoms. The molecule has 0 aromatic carbocycles. The molecule has 0 saturated carbocycles. The van der Waals surface area contributed by atoms with Crippen molar-refractivity contribution >= 4 is 5.91 Å². The highest BCUT2D eigenvalue weighted by molar-refractivity contribution is 5.72. The first kappa shape index (κ1) is 24.6. The van der Waals surface area contributed by atoms with E-state index in [1.807, 2.05) is 13.8 Å². The SMILES string of the molecule is CC.CC(=O)NCCCCCOCCOCCCCCC(C)C. The fourth-order valence-electron chi connectivity index (χ4n) is 2.03. The molecule has 0 aliphatic rings. The molecule has 140 valence electrons. The Morgan fingerprint density at radius 2 is 1.35 bits per heavy atom. The maximum absolute atomic E-state index is 10.6. The Morgan fingerprint density at radius 1 is 0.826 bits per heavy atom. The molecule has 0 unspecified atom stereocenters. The Hall–Kier alpha value is -0.610. The van der Waals surface area contributed by atoms with Crippen LogP contribution >= 0.6 is 0 Å². The Bertz CT molecular complexity index is 233. The molecule has 0 fully saturated rings. The first-order valence-electron chi connectivity index (χ1n) is 9.53.